The van der Waals surface area contributed by atoms with E-state index in [2.05, 4.69) is 4.72 Å². The van der Waals surface area contributed by atoms with E-state index < -0.39 is 10.0 Å². The molecule has 0 unspecified atom stereocenters. The number of benzene rings is 1. The predicted octanol–water partition coefficient (Wildman–Crippen LogP) is 0.803. The minimum absolute atomic E-state index is 0.0105. The summed E-state index contributed by atoms with van der Waals surface area (Å²) in [6.07, 6.45) is 0. The highest BCUT2D eigenvalue weighted by molar-refractivity contribution is 7.89. The Labute approximate surface area is 108 Å². The topological polar surface area (TPSA) is 69.6 Å². The number of hydrogen-bond donors (Lipinski definition) is 2. The van der Waals surface area contributed by atoms with Gasteiger partial charge in [0.15, 0.2) is 0 Å². The molecule has 0 aliphatic heterocycles. The van der Waals surface area contributed by atoms with Gasteiger partial charge in [0.1, 0.15) is 4.90 Å². The summed E-state index contributed by atoms with van der Waals surface area (Å²) in [7, 11) is -3.49. The van der Waals surface area contributed by atoms with Crippen molar-refractivity contribution < 1.29 is 13.5 Å². The van der Waals surface area contributed by atoms with Crippen LogP contribution in [0.4, 0.5) is 5.69 Å². The van der Waals surface area contributed by atoms with Crippen LogP contribution >= 0.6 is 0 Å². The van der Waals surface area contributed by atoms with Crippen molar-refractivity contribution in [1.29, 1.82) is 0 Å². The molecule has 0 aliphatic rings. The van der Waals surface area contributed by atoms with Crippen molar-refractivity contribution >= 4 is 15.7 Å². The van der Waals surface area contributed by atoms with E-state index in [0.717, 1.165) is 0 Å². The van der Waals surface area contributed by atoms with Gasteiger partial charge in [-0.2, -0.15) is 0 Å². The Morgan fingerprint density at radius 3 is 2.50 bits per heavy atom. The van der Waals surface area contributed by atoms with Crippen molar-refractivity contribution in [2.45, 2.75) is 18.7 Å². The zero-order chi connectivity index (χ0) is 13.6. The largest absolute Gasteiger partial charge is 0.395 e. The van der Waals surface area contributed by atoms with Crippen LogP contribution in [0.15, 0.2) is 29.2 Å². The van der Waals surface area contributed by atoms with Crippen molar-refractivity contribution in [2.24, 2.45) is 0 Å². The fraction of sp³-hybridized carbons (Fsp3) is 0.500. The molecule has 1 aromatic carbocycles. The molecule has 1 rings (SSSR count). The highest BCUT2D eigenvalue weighted by Crippen LogP contribution is 2.24. The van der Waals surface area contributed by atoms with E-state index in [1.807, 2.05) is 11.8 Å². The molecular formula is C12H20N2O3S. The monoisotopic (exact) mass is 272 g/mol. The summed E-state index contributed by atoms with van der Waals surface area (Å²) in [5.41, 5.74) is 0.620. The molecule has 0 saturated heterocycles. The molecule has 0 amide bonds. The van der Waals surface area contributed by atoms with Crippen LogP contribution < -0.4 is 9.62 Å². The van der Waals surface area contributed by atoms with Crippen LogP contribution in [0.3, 0.4) is 0 Å². The molecule has 0 aromatic heterocycles. The van der Waals surface area contributed by atoms with Gasteiger partial charge in [0.2, 0.25) is 10.0 Å². The third kappa shape index (κ3) is 3.44. The SMILES string of the molecule is CCNS(=O)(=O)c1ccccc1N(CC)CCO. The molecule has 0 fully saturated rings. The van der Waals surface area contributed by atoms with E-state index in [1.165, 1.54) is 0 Å². The second kappa shape index (κ2) is 6.72. The van der Waals surface area contributed by atoms with E-state index in [1.54, 1.807) is 31.2 Å². The van der Waals surface area contributed by atoms with Gasteiger partial charge in [-0.25, -0.2) is 13.1 Å². The summed E-state index contributed by atoms with van der Waals surface area (Å²) >= 11 is 0. The van der Waals surface area contributed by atoms with Gasteiger partial charge in [0.25, 0.3) is 0 Å². The number of nitrogens with zero attached hydrogens (tertiary/aromatic N) is 1. The Balaban J connectivity index is 3.21. The molecule has 0 aliphatic carbocycles. The Kier molecular flexibility index (Phi) is 5.58. The fourth-order valence-electron chi connectivity index (χ4n) is 1.78. The Bertz CT molecular complexity index is 474. The first-order valence-electron chi connectivity index (χ1n) is 6.01. The number of para-hydroxylation sites is 1. The standard InChI is InChI=1S/C12H20N2O3S/c1-3-13-18(16,17)12-8-6-5-7-11(12)14(4-2)9-10-15/h5-8,13,15H,3-4,9-10H2,1-2H3. The minimum Gasteiger partial charge on any atom is -0.395 e. The highest BCUT2D eigenvalue weighted by Gasteiger charge is 2.19. The molecule has 18 heavy (non-hydrogen) atoms. The van der Waals surface area contributed by atoms with Crippen LogP contribution in [0.5, 0.6) is 0 Å². The summed E-state index contributed by atoms with van der Waals surface area (Å²) in [5, 5.41) is 9.02. The zero-order valence-corrected chi connectivity index (χ0v) is 11.6. The summed E-state index contributed by atoms with van der Waals surface area (Å²) in [6.45, 7) is 5.05. The van der Waals surface area contributed by atoms with Crippen molar-refractivity contribution in [2.75, 3.05) is 31.1 Å². The van der Waals surface area contributed by atoms with E-state index in [9.17, 15) is 8.42 Å². The first kappa shape index (κ1) is 14.9. The quantitative estimate of drug-likeness (QED) is 0.770. The number of likely N-dealkylation sites (N-methyl/N-ethyl adjacent to an activating group) is 1. The molecule has 6 heteroatoms. The maximum atomic E-state index is 12.1. The van der Waals surface area contributed by atoms with Gasteiger partial charge in [0.05, 0.1) is 12.3 Å². The third-order valence-corrected chi connectivity index (χ3v) is 4.17. The number of aliphatic hydroxyl groups excluding tert-OH is 1. The molecule has 0 bridgehead atoms. The summed E-state index contributed by atoms with van der Waals surface area (Å²) in [6, 6.07) is 6.82. The fourth-order valence-corrected chi connectivity index (χ4v) is 3.05. The van der Waals surface area contributed by atoms with Gasteiger partial charge in [-0.3, -0.25) is 0 Å². The molecular weight excluding hydrogens is 252 g/mol. The summed E-state index contributed by atoms with van der Waals surface area (Å²) in [5.74, 6) is 0. The molecule has 0 heterocycles. The number of hydrogen-bond acceptors (Lipinski definition) is 4. The molecule has 0 saturated carbocycles. The van der Waals surface area contributed by atoms with Crippen molar-refractivity contribution in [3.05, 3.63) is 24.3 Å². The minimum atomic E-state index is -3.49. The molecule has 5 nitrogen and oxygen atoms in total. The molecule has 0 radical (unpaired) electrons. The van der Waals surface area contributed by atoms with Gasteiger partial charge in [-0.15, -0.1) is 0 Å². The van der Waals surface area contributed by atoms with Gasteiger partial charge in [0, 0.05) is 19.6 Å². The average Bonchev–Trinajstić information content (AvgIpc) is 2.36. The molecule has 0 spiro atoms. The molecule has 2 N–H and O–H groups in total. The van der Waals surface area contributed by atoms with Crippen molar-refractivity contribution in [1.82, 2.24) is 4.72 Å². The number of anilines is 1. The first-order chi connectivity index (χ1) is 8.56. The summed E-state index contributed by atoms with van der Waals surface area (Å²) in [4.78, 5) is 2.09. The molecule has 1 aromatic rings. The average molecular weight is 272 g/mol. The van der Waals surface area contributed by atoms with E-state index in [4.69, 9.17) is 5.11 Å². The third-order valence-electron chi connectivity index (χ3n) is 2.58. The van der Waals surface area contributed by atoms with Crippen LogP contribution in [0.1, 0.15) is 13.8 Å². The lowest BCUT2D eigenvalue weighted by molar-refractivity contribution is 0.302. The predicted molar refractivity (Wildman–Crippen MR) is 72.3 cm³/mol. The number of aliphatic hydroxyl groups is 1. The number of nitrogens with one attached hydrogen (secondary N) is 1. The lowest BCUT2D eigenvalue weighted by atomic mass is 10.3. The highest BCUT2D eigenvalue weighted by atomic mass is 32.2. The van der Waals surface area contributed by atoms with Crippen LogP contribution in [0.2, 0.25) is 0 Å². The Morgan fingerprint density at radius 2 is 1.94 bits per heavy atom. The molecule has 0 atom stereocenters. The van der Waals surface area contributed by atoms with Gasteiger partial charge >= 0.3 is 0 Å². The lowest BCUT2D eigenvalue weighted by Crippen LogP contribution is -2.30. The van der Waals surface area contributed by atoms with E-state index >= 15 is 0 Å². The van der Waals surface area contributed by atoms with Crippen molar-refractivity contribution in [3.8, 4) is 0 Å². The van der Waals surface area contributed by atoms with Crippen LogP contribution in [0.25, 0.3) is 0 Å². The van der Waals surface area contributed by atoms with Crippen LogP contribution in [-0.2, 0) is 10.0 Å². The Morgan fingerprint density at radius 1 is 1.28 bits per heavy atom. The Hall–Kier alpha value is -1.11. The van der Waals surface area contributed by atoms with E-state index in [-0.39, 0.29) is 11.5 Å². The maximum absolute atomic E-state index is 12.1. The van der Waals surface area contributed by atoms with Crippen molar-refractivity contribution in [3.63, 3.8) is 0 Å². The first-order valence-corrected chi connectivity index (χ1v) is 7.49. The van der Waals surface area contributed by atoms with E-state index in [0.29, 0.717) is 25.3 Å². The van der Waals surface area contributed by atoms with Crippen LogP contribution in [0, 0.1) is 0 Å². The van der Waals surface area contributed by atoms with Gasteiger partial charge in [-0.05, 0) is 19.1 Å². The molecule has 102 valence electrons. The van der Waals surface area contributed by atoms with Gasteiger partial charge < -0.3 is 10.0 Å². The second-order valence-corrected chi connectivity index (χ2v) is 5.51. The van der Waals surface area contributed by atoms with Gasteiger partial charge in [-0.1, -0.05) is 19.1 Å². The summed E-state index contributed by atoms with van der Waals surface area (Å²) < 4.78 is 26.6. The smallest absolute Gasteiger partial charge is 0.242 e. The maximum Gasteiger partial charge on any atom is 0.242 e. The second-order valence-electron chi connectivity index (χ2n) is 3.77. The van der Waals surface area contributed by atoms with Crippen LogP contribution in [-0.4, -0.2) is 39.8 Å². The number of rotatable bonds is 7. The zero-order valence-electron chi connectivity index (χ0n) is 10.8. The number of sulfonamides is 1. The lowest BCUT2D eigenvalue weighted by Gasteiger charge is -2.24. The normalized spacial score (nSPS) is 11.5.